The highest BCUT2D eigenvalue weighted by molar-refractivity contribution is 8.00. The molecule has 1 aromatic heterocycles. The number of carbonyl (C=O) groups is 1. The van der Waals surface area contributed by atoms with Crippen LogP contribution in [-0.4, -0.2) is 25.8 Å². The normalized spacial score (nSPS) is 11.7. The second-order valence-corrected chi connectivity index (χ2v) is 6.70. The van der Waals surface area contributed by atoms with E-state index in [-0.39, 0.29) is 10.6 Å². The zero-order valence-electron chi connectivity index (χ0n) is 10.5. The second-order valence-electron chi connectivity index (χ2n) is 4.89. The standard InChI is InChI=1S/C13H14N2O2S/c1-13(2,3)18-11-8-6-4-5-7-9(8)14-10(15-11)12(16)17/h4-7H,1-3H3,(H,16,17). The van der Waals surface area contributed by atoms with Crippen molar-refractivity contribution in [2.75, 3.05) is 0 Å². The highest BCUT2D eigenvalue weighted by Gasteiger charge is 2.18. The second kappa shape index (κ2) is 4.57. The van der Waals surface area contributed by atoms with Crippen LogP contribution in [0.1, 0.15) is 31.4 Å². The maximum atomic E-state index is 11.0. The van der Waals surface area contributed by atoms with Gasteiger partial charge in [-0.25, -0.2) is 14.8 Å². The molecule has 0 aliphatic carbocycles. The summed E-state index contributed by atoms with van der Waals surface area (Å²) >= 11 is 1.55. The molecular formula is C13H14N2O2S. The zero-order valence-corrected chi connectivity index (χ0v) is 11.3. The van der Waals surface area contributed by atoms with Crippen molar-refractivity contribution >= 4 is 28.6 Å². The molecule has 1 heterocycles. The fourth-order valence-electron chi connectivity index (χ4n) is 1.51. The van der Waals surface area contributed by atoms with Gasteiger partial charge in [0.15, 0.2) is 0 Å². The Kier molecular flexibility index (Phi) is 3.26. The molecule has 5 heteroatoms. The highest BCUT2D eigenvalue weighted by atomic mass is 32.2. The number of carboxylic acid groups (broad SMARTS) is 1. The summed E-state index contributed by atoms with van der Waals surface area (Å²) in [6.07, 6.45) is 0. The van der Waals surface area contributed by atoms with Crippen molar-refractivity contribution in [3.05, 3.63) is 30.1 Å². The van der Waals surface area contributed by atoms with Crippen molar-refractivity contribution in [2.24, 2.45) is 0 Å². The van der Waals surface area contributed by atoms with E-state index in [0.717, 1.165) is 5.39 Å². The van der Waals surface area contributed by atoms with Crippen LogP contribution in [0.15, 0.2) is 29.3 Å². The number of fused-ring (bicyclic) bond motifs is 1. The summed E-state index contributed by atoms with van der Waals surface area (Å²) in [5.41, 5.74) is 0.664. The molecule has 0 amide bonds. The summed E-state index contributed by atoms with van der Waals surface area (Å²) in [5.74, 6) is -1.25. The van der Waals surface area contributed by atoms with E-state index in [0.29, 0.717) is 10.5 Å². The lowest BCUT2D eigenvalue weighted by atomic mass is 10.2. The predicted octanol–water partition coefficient (Wildman–Crippen LogP) is 3.22. The molecule has 0 fully saturated rings. The number of hydrogen-bond acceptors (Lipinski definition) is 4. The third-order valence-corrected chi connectivity index (χ3v) is 3.28. The minimum absolute atomic E-state index is 0.0348. The molecule has 2 rings (SSSR count). The minimum Gasteiger partial charge on any atom is -0.475 e. The molecule has 2 aromatic rings. The van der Waals surface area contributed by atoms with Crippen LogP contribution in [0, 0.1) is 0 Å². The molecule has 0 saturated heterocycles. The molecule has 0 radical (unpaired) electrons. The summed E-state index contributed by atoms with van der Waals surface area (Å²) in [6, 6.07) is 7.45. The van der Waals surface area contributed by atoms with Crippen LogP contribution in [0.5, 0.6) is 0 Å². The van der Waals surface area contributed by atoms with E-state index in [2.05, 4.69) is 30.7 Å². The number of carboxylic acids is 1. The van der Waals surface area contributed by atoms with Crippen LogP contribution in [-0.2, 0) is 0 Å². The van der Waals surface area contributed by atoms with Crippen molar-refractivity contribution in [3.8, 4) is 0 Å². The Labute approximate surface area is 109 Å². The van der Waals surface area contributed by atoms with Crippen LogP contribution in [0.4, 0.5) is 0 Å². The number of aromatic nitrogens is 2. The molecule has 1 N–H and O–H groups in total. The summed E-state index contributed by atoms with van der Waals surface area (Å²) in [6.45, 7) is 6.19. The van der Waals surface area contributed by atoms with Gasteiger partial charge in [0.1, 0.15) is 5.03 Å². The molecule has 94 valence electrons. The van der Waals surface area contributed by atoms with Gasteiger partial charge in [-0.3, -0.25) is 0 Å². The van der Waals surface area contributed by atoms with Gasteiger partial charge in [0.25, 0.3) is 0 Å². The van der Waals surface area contributed by atoms with Gasteiger partial charge < -0.3 is 5.11 Å². The van der Waals surface area contributed by atoms with Gasteiger partial charge in [-0.2, -0.15) is 0 Å². The van der Waals surface area contributed by atoms with Crippen LogP contribution in [0.3, 0.4) is 0 Å². The van der Waals surface area contributed by atoms with Gasteiger partial charge in [0.05, 0.1) is 5.52 Å². The van der Waals surface area contributed by atoms with Crippen molar-refractivity contribution in [2.45, 2.75) is 30.5 Å². The van der Waals surface area contributed by atoms with E-state index in [1.54, 1.807) is 17.8 Å². The topological polar surface area (TPSA) is 63.1 Å². The van der Waals surface area contributed by atoms with Gasteiger partial charge >= 0.3 is 5.97 Å². The molecule has 4 nitrogen and oxygen atoms in total. The van der Waals surface area contributed by atoms with Crippen LogP contribution in [0.2, 0.25) is 0 Å². The smallest absolute Gasteiger partial charge is 0.373 e. The molecule has 0 aliphatic heterocycles. The Morgan fingerprint density at radius 1 is 1.22 bits per heavy atom. The van der Waals surface area contributed by atoms with Gasteiger partial charge in [0, 0.05) is 10.1 Å². The van der Waals surface area contributed by atoms with Crippen LogP contribution in [0.25, 0.3) is 10.9 Å². The minimum atomic E-state index is -1.10. The first kappa shape index (κ1) is 12.8. The molecule has 1 aromatic carbocycles. The number of benzene rings is 1. The summed E-state index contributed by atoms with van der Waals surface area (Å²) < 4.78 is -0.0348. The molecule has 0 bridgehead atoms. The van der Waals surface area contributed by atoms with E-state index >= 15 is 0 Å². The number of para-hydroxylation sites is 1. The van der Waals surface area contributed by atoms with E-state index in [1.165, 1.54) is 0 Å². The lowest BCUT2D eigenvalue weighted by molar-refractivity contribution is 0.0683. The van der Waals surface area contributed by atoms with Crippen LogP contribution >= 0.6 is 11.8 Å². The Morgan fingerprint density at radius 2 is 1.89 bits per heavy atom. The molecule has 0 spiro atoms. The van der Waals surface area contributed by atoms with E-state index in [9.17, 15) is 4.79 Å². The number of hydrogen-bond donors (Lipinski definition) is 1. The Morgan fingerprint density at radius 3 is 2.50 bits per heavy atom. The average Bonchev–Trinajstić information content (AvgIpc) is 2.26. The molecule has 0 saturated carbocycles. The maximum Gasteiger partial charge on any atom is 0.373 e. The Balaban J connectivity index is 2.64. The Bertz CT molecular complexity index is 605. The van der Waals surface area contributed by atoms with Crippen molar-refractivity contribution in [1.29, 1.82) is 0 Å². The molecule has 0 unspecified atom stereocenters. The van der Waals surface area contributed by atoms with E-state index in [1.807, 2.05) is 18.2 Å². The number of thioether (sulfide) groups is 1. The van der Waals surface area contributed by atoms with E-state index in [4.69, 9.17) is 5.11 Å². The summed E-state index contributed by atoms with van der Waals surface area (Å²) in [7, 11) is 0. The number of rotatable bonds is 2. The third kappa shape index (κ3) is 2.79. The van der Waals surface area contributed by atoms with Crippen molar-refractivity contribution < 1.29 is 9.90 Å². The molecule has 0 aliphatic rings. The summed E-state index contributed by atoms with van der Waals surface area (Å²) in [5, 5.41) is 10.6. The fourth-order valence-corrected chi connectivity index (χ4v) is 2.51. The number of aromatic carboxylic acids is 1. The molecular weight excluding hydrogens is 248 g/mol. The van der Waals surface area contributed by atoms with E-state index < -0.39 is 5.97 Å². The molecule has 18 heavy (non-hydrogen) atoms. The third-order valence-electron chi connectivity index (χ3n) is 2.16. The van der Waals surface area contributed by atoms with Crippen molar-refractivity contribution in [3.63, 3.8) is 0 Å². The average molecular weight is 262 g/mol. The first-order valence-electron chi connectivity index (χ1n) is 5.56. The molecule has 0 atom stereocenters. The highest BCUT2D eigenvalue weighted by Crippen LogP contribution is 2.34. The Hall–Kier alpha value is -1.62. The first-order chi connectivity index (χ1) is 8.37. The van der Waals surface area contributed by atoms with Gasteiger partial charge in [-0.15, -0.1) is 0 Å². The predicted molar refractivity (Wildman–Crippen MR) is 72.1 cm³/mol. The van der Waals surface area contributed by atoms with Gasteiger partial charge in [-0.05, 0) is 6.07 Å². The SMILES string of the molecule is CC(C)(C)Sc1nc(C(=O)O)nc2ccccc12. The lowest BCUT2D eigenvalue weighted by Crippen LogP contribution is -2.10. The van der Waals surface area contributed by atoms with Crippen LogP contribution < -0.4 is 0 Å². The largest absolute Gasteiger partial charge is 0.475 e. The monoisotopic (exact) mass is 262 g/mol. The van der Waals surface area contributed by atoms with Gasteiger partial charge in [-0.1, -0.05) is 50.7 Å². The summed E-state index contributed by atoms with van der Waals surface area (Å²) in [4.78, 5) is 19.2. The fraction of sp³-hybridized carbons (Fsp3) is 0.308. The maximum absolute atomic E-state index is 11.0. The lowest BCUT2D eigenvalue weighted by Gasteiger charge is -2.18. The van der Waals surface area contributed by atoms with Gasteiger partial charge in [0.2, 0.25) is 5.82 Å². The first-order valence-corrected chi connectivity index (χ1v) is 6.37. The van der Waals surface area contributed by atoms with Crippen molar-refractivity contribution in [1.82, 2.24) is 9.97 Å². The number of nitrogens with zero attached hydrogens (tertiary/aromatic N) is 2. The zero-order chi connectivity index (χ0) is 13.3. The quantitative estimate of drug-likeness (QED) is 0.665.